The van der Waals surface area contributed by atoms with Crippen LogP contribution in [-0.2, 0) is 17.3 Å². The number of hydrogen-bond acceptors (Lipinski definition) is 3. The maximum absolute atomic E-state index is 12.3. The van der Waals surface area contributed by atoms with Gasteiger partial charge < -0.3 is 15.3 Å². The Morgan fingerprint density at radius 1 is 1.08 bits per heavy atom. The van der Waals surface area contributed by atoms with Crippen LogP contribution in [0.4, 0.5) is 0 Å². The topological polar surface area (TPSA) is 69.6 Å². The Balaban J connectivity index is 0.00000312. The number of aliphatic hydroxyl groups excluding tert-OH is 1. The van der Waals surface area contributed by atoms with Gasteiger partial charge in [0.05, 0.1) is 12.3 Å². The molecule has 0 fully saturated rings. The molecule has 1 unspecified atom stereocenters. The van der Waals surface area contributed by atoms with Crippen LogP contribution in [0.2, 0.25) is 5.02 Å². The summed E-state index contributed by atoms with van der Waals surface area (Å²) in [6.07, 6.45) is -0.894. The second kappa shape index (κ2) is 10.3. The quantitative estimate of drug-likeness (QED) is 0.582. The zero-order valence-corrected chi connectivity index (χ0v) is 16.5. The minimum Gasteiger partial charge on any atom is -0.391 e. The number of rotatable bonds is 8. The van der Waals surface area contributed by atoms with E-state index in [2.05, 4.69) is 5.32 Å². The Kier molecular flexibility index (Phi) is 9.15. The van der Waals surface area contributed by atoms with Gasteiger partial charge in [0, 0.05) is 24.3 Å². The fraction of sp³-hybridized carbons (Fsp3) is 0.333. The van der Waals surface area contributed by atoms with Gasteiger partial charge in [0.15, 0.2) is 0 Å². The third-order valence-corrected chi connectivity index (χ3v) is 5.77. The highest BCUT2D eigenvalue weighted by Gasteiger charge is 2.23. The molecule has 2 aromatic carbocycles. The predicted molar refractivity (Wildman–Crippen MR) is 106 cm³/mol. The summed E-state index contributed by atoms with van der Waals surface area (Å²) in [6, 6.07) is 14.9. The van der Waals surface area contributed by atoms with Gasteiger partial charge in [0.1, 0.15) is 0 Å². The molecule has 2 atom stereocenters. The van der Waals surface area contributed by atoms with Crippen molar-refractivity contribution in [1.29, 1.82) is 0 Å². The maximum Gasteiger partial charge on any atom is 0.207 e. The lowest BCUT2D eigenvalue weighted by atomic mass is 10.2. The zero-order chi connectivity index (χ0) is 17.6. The highest BCUT2D eigenvalue weighted by atomic mass is 35.5. The standard InChI is InChI=1S/C18H23ClNO3P.ClH/c1-14-2-4-16(5-3-14)12-24(22,23)13-18(21)11-20-10-15-6-8-17(19)9-7-15;/h2-9,18,20-21H,10-13H2,1H3,(H,22,23);1H/t18-;/m1./s1. The van der Waals surface area contributed by atoms with E-state index in [-0.39, 0.29) is 31.3 Å². The van der Waals surface area contributed by atoms with Gasteiger partial charge in [-0.3, -0.25) is 4.57 Å². The minimum absolute atomic E-state index is 0. The van der Waals surface area contributed by atoms with Gasteiger partial charge in [-0.15, -0.1) is 12.4 Å². The molecule has 25 heavy (non-hydrogen) atoms. The predicted octanol–water partition coefficient (Wildman–Crippen LogP) is 3.99. The molecule has 138 valence electrons. The summed E-state index contributed by atoms with van der Waals surface area (Å²) in [7, 11) is -3.41. The van der Waals surface area contributed by atoms with Crippen LogP contribution in [-0.4, -0.2) is 28.8 Å². The van der Waals surface area contributed by atoms with E-state index in [1.807, 2.05) is 43.3 Å². The minimum atomic E-state index is -3.41. The van der Waals surface area contributed by atoms with Crippen molar-refractivity contribution in [2.45, 2.75) is 25.7 Å². The van der Waals surface area contributed by atoms with Gasteiger partial charge in [-0.1, -0.05) is 53.6 Å². The largest absolute Gasteiger partial charge is 0.391 e. The van der Waals surface area contributed by atoms with Crippen molar-refractivity contribution < 1.29 is 14.6 Å². The molecule has 0 aliphatic rings. The van der Waals surface area contributed by atoms with Crippen molar-refractivity contribution in [2.24, 2.45) is 0 Å². The number of halogens is 2. The molecule has 0 aliphatic carbocycles. The zero-order valence-electron chi connectivity index (χ0n) is 14.1. The van der Waals surface area contributed by atoms with Crippen LogP contribution in [0.25, 0.3) is 0 Å². The van der Waals surface area contributed by atoms with Gasteiger partial charge in [0.2, 0.25) is 7.37 Å². The molecule has 0 heterocycles. The van der Waals surface area contributed by atoms with Gasteiger partial charge in [-0.2, -0.15) is 0 Å². The van der Waals surface area contributed by atoms with Crippen LogP contribution in [0.1, 0.15) is 16.7 Å². The van der Waals surface area contributed by atoms with E-state index < -0.39 is 13.5 Å². The van der Waals surface area contributed by atoms with E-state index in [4.69, 9.17) is 11.6 Å². The number of benzene rings is 2. The molecule has 0 amide bonds. The van der Waals surface area contributed by atoms with E-state index in [0.717, 1.165) is 16.7 Å². The molecule has 0 aliphatic heterocycles. The smallest absolute Gasteiger partial charge is 0.207 e. The molecule has 0 spiro atoms. The van der Waals surface area contributed by atoms with Crippen molar-refractivity contribution in [3.05, 3.63) is 70.2 Å². The van der Waals surface area contributed by atoms with Crippen molar-refractivity contribution in [3.8, 4) is 0 Å². The van der Waals surface area contributed by atoms with Crippen LogP contribution in [0.5, 0.6) is 0 Å². The summed E-state index contributed by atoms with van der Waals surface area (Å²) in [5.41, 5.74) is 2.96. The highest BCUT2D eigenvalue weighted by molar-refractivity contribution is 7.57. The second-order valence-electron chi connectivity index (χ2n) is 6.08. The Labute approximate surface area is 160 Å². The van der Waals surface area contributed by atoms with Gasteiger partial charge in [-0.05, 0) is 30.2 Å². The third-order valence-electron chi connectivity index (χ3n) is 3.67. The number of aliphatic hydroxyl groups is 1. The Hall–Kier alpha value is -0.870. The lowest BCUT2D eigenvalue weighted by Gasteiger charge is -2.17. The first-order valence-corrected chi connectivity index (χ1v) is 10.2. The number of aryl methyl sites for hydroxylation is 1. The maximum atomic E-state index is 12.3. The van der Waals surface area contributed by atoms with Crippen molar-refractivity contribution in [3.63, 3.8) is 0 Å². The summed E-state index contributed by atoms with van der Waals surface area (Å²) in [4.78, 5) is 10.1. The van der Waals surface area contributed by atoms with E-state index in [9.17, 15) is 14.6 Å². The van der Waals surface area contributed by atoms with E-state index in [1.165, 1.54) is 0 Å². The molecular weight excluding hydrogens is 380 g/mol. The molecule has 3 N–H and O–H groups in total. The summed E-state index contributed by atoms with van der Waals surface area (Å²) in [6.45, 7) is 2.81. The molecule has 0 saturated heterocycles. The Bertz CT molecular complexity index is 692. The summed E-state index contributed by atoms with van der Waals surface area (Å²) < 4.78 is 12.3. The molecule has 4 nitrogen and oxygen atoms in total. The number of nitrogens with one attached hydrogen (secondary N) is 1. The summed E-state index contributed by atoms with van der Waals surface area (Å²) >= 11 is 5.82. The fourth-order valence-corrected chi connectivity index (χ4v) is 4.25. The van der Waals surface area contributed by atoms with Crippen LogP contribution in [0, 0.1) is 6.92 Å². The SMILES string of the molecule is Cc1ccc(CP(=O)(O)C[C@H](O)CNCc2ccc(Cl)cc2)cc1.Cl. The van der Waals surface area contributed by atoms with E-state index >= 15 is 0 Å². The lowest BCUT2D eigenvalue weighted by molar-refractivity contribution is 0.190. The van der Waals surface area contributed by atoms with E-state index in [0.29, 0.717) is 11.6 Å². The molecule has 2 rings (SSSR count). The van der Waals surface area contributed by atoms with Crippen LogP contribution < -0.4 is 5.32 Å². The Morgan fingerprint density at radius 3 is 2.24 bits per heavy atom. The van der Waals surface area contributed by atoms with E-state index in [1.54, 1.807) is 12.1 Å². The molecule has 0 saturated carbocycles. The van der Waals surface area contributed by atoms with Gasteiger partial charge >= 0.3 is 0 Å². The molecule has 0 bridgehead atoms. The molecule has 7 heteroatoms. The molecule has 0 radical (unpaired) electrons. The van der Waals surface area contributed by atoms with Crippen molar-refractivity contribution in [2.75, 3.05) is 12.7 Å². The lowest BCUT2D eigenvalue weighted by Crippen LogP contribution is -2.29. The number of hydrogen-bond donors (Lipinski definition) is 3. The summed E-state index contributed by atoms with van der Waals surface area (Å²) in [5, 5.41) is 13.8. The van der Waals surface area contributed by atoms with Crippen LogP contribution in [0.15, 0.2) is 48.5 Å². The van der Waals surface area contributed by atoms with Crippen molar-refractivity contribution >= 4 is 31.4 Å². The average Bonchev–Trinajstić information content (AvgIpc) is 2.51. The normalized spacial score (nSPS) is 14.4. The highest BCUT2D eigenvalue weighted by Crippen LogP contribution is 2.44. The first-order chi connectivity index (χ1) is 11.3. The van der Waals surface area contributed by atoms with Crippen LogP contribution >= 0.6 is 31.4 Å². The molecular formula is C18H24Cl2NO3P. The average molecular weight is 404 g/mol. The first kappa shape index (κ1) is 22.2. The Morgan fingerprint density at radius 2 is 1.64 bits per heavy atom. The molecule has 0 aromatic heterocycles. The van der Waals surface area contributed by atoms with Gasteiger partial charge in [0.25, 0.3) is 0 Å². The molecule has 2 aromatic rings. The third kappa shape index (κ3) is 8.37. The van der Waals surface area contributed by atoms with Crippen LogP contribution in [0.3, 0.4) is 0 Å². The van der Waals surface area contributed by atoms with Gasteiger partial charge in [-0.25, -0.2) is 0 Å². The first-order valence-electron chi connectivity index (χ1n) is 7.84. The second-order valence-corrected chi connectivity index (χ2v) is 8.89. The monoisotopic (exact) mass is 403 g/mol. The van der Waals surface area contributed by atoms with Crippen molar-refractivity contribution in [1.82, 2.24) is 5.32 Å². The fourth-order valence-electron chi connectivity index (χ4n) is 2.42. The summed E-state index contributed by atoms with van der Waals surface area (Å²) in [5.74, 6) is 0.